The number of imide groups is 1. The molecule has 1 aromatic heterocycles. The van der Waals surface area contributed by atoms with Gasteiger partial charge in [0.2, 0.25) is 11.8 Å². The molecule has 0 unspecified atom stereocenters. The van der Waals surface area contributed by atoms with Crippen molar-refractivity contribution in [2.24, 2.45) is 11.8 Å². The number of likely N-dealkylation sites (tertiary alicyclic amines) is 1. The number of fused-ring (bicyclic) bond motifs is 5. The van der Waals surface area contributed by atoms with Gasteiger partial charge >= 0.3 is 5.97 Å². The van der Waals surface area contributed by atoms with Crippen molar-refractivity contribution in [3.05, 3.63) is 35.5 Å². The lowest BCUT2D eigenvalue weighted by Crippen LogP contribution is -2.38. The summed E-state index contributed by atoms with van der Waals surface area (Å²) < 4.78 is 13.1. The number of benzene rings is 1. The van der Waals surface area contributed by atoms with Gasteiger partial charge in [0.25, 0.3) is 0 Å². The van der Waals surface area contributed by atoms with Crippen molar-refractivity contribution in [1.29, 1.82) is 0 Å². The van der Waals surface area contributed by atoms with E-state index in [0.29, 0.717) is 19.8 Å². The number of ether oxygens (including phenoxy) is 2. The van der Waals surface area contributed by atoms with Gasteiger partial charge in [-0.15, -0.1) is 0 Å². The second-order valence-corrected chi connectivity index (χ2v) is 15.3. The number of methoxy groups -OCH3 is 1. The molecule has 0 spiro atoms. The van der Waals surface area contributed by atoms with E-state index in [9.17, 15) is 14.4 Å². The molecule has 0 saturated carbocycles. The van der Waals surface area contributed by atoms with Crippen LogP contribution >= 0.6 is 0 Å². The number of likely N-dealkylation sites (N-methyl/N-ethyl adjacent to an activating group) is 1. The van der Waals surface area contributed by atoms with E-state index >= 15 is 0 Å². The normalized spacial score (nSPS) is 23.3. The number of carbonyl (C=O) groups excluding carboxylic acids is 3. The van der Waals surface area contributed by atoms with Gasteiger partial charge in [-0.3, -0.25) is 19.3 Å². The zero-order chi connectivity index (χ0) is 22.5. The Kier molecular flexibility index (Phi) is 5.55. The smallest absolute Gasteiger partial charge is 0.309 e. The van der Waals surface area contributed by atoms with Crippen LogP contribution in [0, 0.1) is 11.8 Å². The summed E-state index contributed by atoms with van der Waals surface area (Å²) >= 11 is 0. The van der Waals surface area contributed by atoms with Crippen molar-refractivity contribution in [3.63, 3.8) is 0 Å². The van der Waals surface area contributed by atoms with Crippen LogP contribution < -0.4 is 0 Å². The summed E-state index contributed by atoms with van der Waals surface area (Å²) in [5, 5.41) is 0.945. The van der Waals surface area contributed by atoms with Crippen LogP contribution in [0.1, 0.15) is 17.2 Å². The topological polar surface area (TPSA) is 77.8 Å². The highest BCUT2D eigenvalue weighted by Gasteiger charge is 2.56. The average molecular weight is 443 g/mol. The average Bonchev–Trinajstić information content (AvgIpc) is 3.16. The highest BCUT2D eigenvalue weighted by atomic mass is 28.3. The summed E-state index contributed by atoms with van der Waals surface area (Å²) in [5.74, 6) is -3.09. The van der Waals surface area contributed by atoms with E-state index < -0.39 is 31.8 Å². The predicted molar refractivity (Wildman–Crippen MR) is 119 cm³/mol. The summed E-state index contributed by atoms with van der Waals surface area (Å²) in [6, 6.07) is 8.93. The molecule has 0 bridgehead atoms. The number of esters is 1. The molecule has 1 fully saturated rings. The number of nitrogens with zero attached hydrogens (tertiary/aromatic N) is 2. The van der Waals surface area contributed by atoms with Crippen molar-refractivity contribution < 1.29 is 23.9 Å². The third-order valence-corrected chi connectivity index (χ3v) is 8.28. The van der Waals surface area contributed by atoms with Gasteiger partial charge in [0.05, 0.1) is 30.4 Å². The molecule has 1 aliphatic carbocycles. The van der Waals surface area contributed by atoms with Gasteiger partial charge in [-0.25, -0.2) is 0 Å². The highest BCUT2D eigenvalue weighted by Crippen LogP contribution is 2.49. The molecule has 4 rings (SSSR count). The monoisotopic (exact) mass is 442 g/mol. The number of hydrogen-bond donors (Lipinski definition) is 0. The zero-order valence-corrected chi connectivity index (χ0v) is 19.8. The van der Waals surface area contributed by atoms with Crippen LogP contribution in [0.15, 0.2) is 24.3 Å². The maximum absolute atomic E-state index is 13.1. The molecule has 2 aromatic rings. The fourth-order valence-electron chi connectivity index (χ4n) is 4.89. The van der Waals surface area contributed by atoms with Crippen LogP contribution in [0.3, 0.4) is 0 Å². The maximum atomic E-state index is 13.1. The molecule has 1 aromatic carbocycles. The van der Waals surface area contributed by atoms with Crippen LogP contribution in [0.5, 0.6) is 0 Å². The Morgan fingerprint density at radius 2 is 1.87 bits per heavy atom. The summed E-state index contributed by atoms with van der Waals surface area (Å²) in [6.45, 7) is 7.95. The lowest BCUT2D eigenvalue weighted by Gasteiger charge is -2.30. The largest absolute Gasteiger partial charge is 0.469 e. The van der Waals surface area contributed by atoms with E-state index in [1.165, 1.54) is 14.2 Å². The molecule has 3 atom stereocenters. The number of rotatable bonds is 6. The van der Waals surface area contributed by atoms with Crippen LogP contribution in [0.4, 0.5) is 0 Å². The molecule has 7 nitrogen and oxygen atoms in total. The van der Waals surface area contributed by atoms with Crippen LogP contribution in [-0.4, -0.2) is 56.1 Å². The van der Waals surface area contributed by atoms with Crippen molar-refractivity contribution in [2.45, 2.75) is 44.8 Å². The van der Waals surface area contributed by atoms with Crippen molar-refractivity contribution in [3.8, 4) is 0 Å². The second kappa shape index (κ2) is 7.91. The predicted octanol–water partition coefficient (Wildman–Crippen LogP) is 3.00. The molecule has 2 aliphatic rings. The quantitative estimate of drug-likeness (QED) is 0.297. The third-order valence-electron chi connectivity index (χ3n) is 6.57. The molecular formula is C23H30N2O5Si. The van der Waals surface area contributed by atoms with Gasteiger partial charge in [0.1, 0.15) is 6.73 Å². The Hall–Kier alpha value is -2.45. The van der Waals surface area contributed by atoms with E-state index in [1.807, 2.05) is 24.3 Å². The summed E-state index contributed by atoms with van der Waals surface area (Å²) in [6.07, 6.45) is 0.349. The molecule has 8 heteroatoms. The second-order valence-electron chi connectivity index (χ2n) is 9.73. The number of para-hydroxylation sites is 1. The van der Waals surface area contributed by atoms with Gasteiger partial charge in [-0.2, -0.15) is 0 Å². The Labute approximate surface area is 183 Å². The molecule has 0 radical (unpaired) electrons. The third kappa shape index (κ3) is 3.61. The molecule has 0 N–H and O–H groups in total. The van der Waals surface area contributed by atoms with Gasteiger partial charge in [-0.05, 0) is 17.7 Å². The van der Waals surface area contributed by atoms with Crippen LogP contribution in [-0.2, 0) is 37.0 Å². The lowest BCUT2D eigenvalue weighted by atomic mass is 9.71. The van der Waals surface area contributed by atoms with E-state index in [1.54, 1.807) is 0 Å². The fraction of sp³-hybridized carbons (Fsp3) is 0.522. The zero-order valence-electron chi connectivity index (χ0n) is 18.8. The number of aromatic nitrogens is 1. The first kappa shape index (κ1) is 21.8. The van der Waals surface area contributed by atoms with E-state index in [0.717, 1.165) is 33.1 Å². The Bertz CT molecular complexity index is 1050. The first-order valence-electron chi connectivity index (χ1n) is 10.7. The molecule has 2 amide bonds. The van der Waals surface area contributed by atoms with Gasteiger partial charge in [-0.1, -0.05) is 37.8 Å². The molecule has 31 heavy (non-hydrogen) atoms. The van der Waals surface area contributed by atoms with E-state index in [4.69, 9.17) is 9.47 Å². The first-order valence-corrected chi connectivity index (χ1v) is 14.4. The molecule has 166 valence electrons. The lowest BCUT2D eigenvalue weighted by molar-refractivity contribution is -0.151. The Morgan fingerprint density at radius 3 is 2.55 bits per heavy atom. The SMILES string of the molecule is COC(=O)[C@@H]1Cc2c(c3ccccc3n2COCC[Si](C)(C)C)[C@H]2C(=O)N(C)C(=O)[C@H]21. The standard InChI is InChI=1S/C23H30N2O5Si/c1-24-21(26)19-15(23(28)29-2)12-17-18(20(19)22(24)27)14-8-6-7-9-16(14)25(17)13-30-10-11-31(3,4)5/h6-9,15,19-20H,10-13H2,1-5H3/t15-,19+,20-/m1/s1. The van der Waals surface area contributed by atoms with Crippen molar-refractivity contribution in [2.75, 3.05) is 20.8 Å². The molecular weight excluding hydrogens is 412 g/mol. The molecule has 1 saturated heterocycles. The Morgan fingerprint density at radius 1 is 1.16 bits per heavy atom. The minimum Gasteiger partial charge on any atom is -0.469 e. The number of hydrogen-bond acceptors (Lipinski definition) is 5. The summed E-state index contributed by atoms with van der Waals surface area (Å²) in [7, 11) is 1.60. The van der Waals surface area contributed by atoms with E-state index in [-0.39, 0.29) is 11.8 Å². The van der Waals surface area contributed by atoms with Crippen molar-refractivity contribution >= 4 is 36.8 Å². The minimum absolute atomic E-state index is 0.257. The first-order chi connectivity index (χ1) is 14.7. The maximum Gasteiger partial charge on any atom is 0.309 e. The summed E-state index contributed by atoms with van der Waals surface area (Å²) in [5.41, 5.74) is 2.71. The van der Waals surface area contributed by atoms with Gasteiger partial charge in [0.15, 0.2) is 0 Å². The fourth-order valence-corrected chi connectivity index (χ4v) is 5.65. The van der Waals surface area contributed by atoms with Gasteiger partial charge in [0, 0.05) is 39.2 Å². The molecule has 1 aliphatic heterocycles. The number of amides is 2. The molecule has 2 heterocycles. The Balaban J connectivity index is 1.80. The van der Waals surface area contributed by atoms with Crippen LogP contribution in [0.25, 0.3) is 10.9 Å². The van der Waals surface area contributed by atoms with E-state index in [2.05, 4.69) is 24.2 Å². The number of carbonyl (C=O) groups is 3. The van der Waals surface area contributed by atoms with Gasteiger partial charge < -0.3 is 14.0 Å². The highest BCUT2D eigenvalue weighted by molar-refractivity contribution is 6.76. The minimum atomic E-state index is -1.22. The van der Waals surface area contributed by atoms with Crippen molar-refractivity contribution in [1.82, 2.24) is 9.47 Å². The summed E-state index contributed by atoms with van der Waals surface area (Å²) in [4.78, 5) is 39.8. The van der Waals surface area contributed by atoms with Crippen LogP contribution in [0.2, 0.25) is 25.7 Å².